The zero-order valence-electron chi connectivity index (χ0n) is 16.2. The molecule has 0 saturated carbocycles. The number of hydrogen-bond donors (Lipinski definition) is 1. The van der Waals surface area contributed by atoms with Crippen LogP contribution >= 0.6 is 0 Å². The molecule has 0 amide bonds. The summed E-state index contributed by atoms with van der Waals surface area (Å²) in [5.41, 5.74) is 0.462. The predicted molar refractivity (Wildman–Crippen MR) is 98.0 cm³/mol. The third-order valence-electron chi connectivity index (χ3n) is 4.80. The van der Waals surface area contributed by atoms with E-state index in [9.17, 15) is 0 Å². The van der Waals surface area contributed by atoms with Crippen molar-refractivity contribution in [1.82, 2.24) is 10.2 Å². The van der Waals surface area contributed by atoms with Gasteiger partial charge in [0, 0.05) is 32.8 Å². The van der Waals surface area contributed by atoms with Gasteiger partial charge in [0.05, 0.1) is 19.3 Å². The summed E-state index contributed by atoms with van der Waals surface area (Å²) in [4.78, 5) is 2.47. The molecule has 0 aromatic rings. The summed E-state index contributed by atoms with van der Waals surface area (Å²) in [5.74, 6) is 0.695. The fourth-order valence-electron chi connectivity index (χ4n) is 2.77. The standard InChI is InChI=1S/C19H40N2O2/c1-6-19(4,5)8-7-11-22-12-9-21-10-13-23-18(16-21)15-20-14-17(2)3/h17-18,20H,6-16H2,1-5H3. The summed E-state index contributed by atoms with van der Waals surface area (Å²) in [6, 6.07) is 0. The molecule has 1 unspecified atom stereocenters. The second-order valence-electron chi connectivity index (χ2n) is 8.08. The Morgan fingerprint density at radius 1 is 1.30 bits per heavy atom. The highest BCUT2D eigenvalue weighted by Gasteiger charge is 2.20. The molecule has 23 heavy (non-hydrogen) atoms. The fraction of sp³-hybridized carbons (Fsp3) is 1.00. The van der Waals surface area contributed by atoms with Crippen molar-refractivity contribution in [1.29, 1.82) is 0 Å². The van der Waals surface area contributed by atoms with Crippen LogP contribution in [0.15, 0.2) is 0 Å². The van der Waals surface area contributed by atoms with Gasteiger partial charge in [0.25, 0.3) is 0 Å². The van der Waals surface area contributed by atoms with Crippen LogP contribution in [0.2, 0.25) is 0 Å². The first-order chi connectivity index (χ1) is 10.9. The predicted octanol–water partition coefficient (Wildman–Crippen LogP) is 3.17. The first-order valence-electron chi connectivity index (χ1n) is 9.55. The van der Waals surface area contributed by atoms with Gasteiger partial charge >= 0.3 is 0 Å². The molecule has 0 radical (unpaired) electrons. The third kappa shape index (κ3) is 10.3. The average Bonchev–Trinajstić information content (AvgIpc) is 2.51. The number of rotatable bonds is 12. The lowest BCUT2D eigenvalue weighted by atomic mass is 9.85. The lowest BCUT2D eigenvalue weighted by Crippen LogP contribution is -2.47. The molecular formula is C19H40N2O2. The van der Waals surface area contributed by atoms with E-state index in [2.05, 4.69) is 44.8 Å². The van der Waals surface area contributed by atoms with E-state index >= 15 is 0 Å². The minimum Gasteiger partial charge on any atom is -0.380 e. The molecule has 0 aromatic heterocycles. The van der Waals surface area contributed by atoms with Crippen LogP contribution in [0.4, 0.5) is 0 Å². The number of nitrogens with zero attached hydrogens (tertiary/aromatic N) is 1. The van der Waals surface area contributed by atoms with Crippen LogP contribution in [0.5, 0.6) is 0 Å². The average molecular weight is 329 g/mol. The van der Waals surface area contributed by atoms with Gasteiger partial charge in [-0.05, 0) is 30.7 Å². The van der Waals surface area contributed by atoms with Gasteiger partial charge in [-0.1, -0.05) is 41.0 Å². The molecule has 4 nitrogen and oxygen atoms in total. The number of ether oxygens (including phenoxy) is 2. The van der Waals surface area contributed by atoms with Crippen molar-refractivity contribution in [2.45, 2.75) is 60.0 Å². The highest BCUT2D eigenvalue weighted by molar-refractivity contribution is 4.73. The Labute approximate surface area is 144 Å². The molecule has 4 heteroatoms. The Hall–Kier alpha value is -0.160. The van der Waals surface area contributed by atoms with E-state index in [1.165, 1.54) is 19.3 Å². The van der Waals surface area contributed by atoms with Crippen molar-refractivity contribution in [2.75, 3.05) is 52.5 Å². The quantitative estimate of drug-likeness (QED) is 0.558. The second kappa shape index (κ2) is 11.4. The van der Waals surface area contributed by atoms with Crippen LogP contribution in [0.3, 0.4) is 0 Å². The maximum Gasteiger partial charge on any atom is 0.0826 e. The van der Waals surface area contributed by atoms with Gasteiger partial charge < -0.3 is 14.8 Å². The largest absolute Gasteiger partial charge is 0.380 e. The van der Waals surface area contributed by atoms with Crippen molar-refractivity contribution in [3.8, 4) is 0 Å². The minimum absolute atomic E-state index is 0.327. The third-order valence-corrected chi connectivity index (χ3v) is 4.80. The van der Waals surface area contributed by atoms with Crippen LogP contribution in [-0.4, -0.2) is 63.5 Å². The summed E-state index contributed by atoms with van der Waals surface area (Å²) in [5, 5.41) is 3.50. The maximum atomic E-state index is 5.84. The Kier molecular flexibility index (Phi) is 10.4. The number of hydrogen-bond acceptors (Lipinski definition) is 4. The smallest absolute Gasteiger partial charge is 0.0826 e. The highest BCUT2D eigenvalue weighted by atomic mass is 16.5. The summed E-state index contributed by atoms with van der Waals surface area (Å²) in [6.07, 6.45) is 4.00. The van der Waals surface area contributed by atoms with E-state index in [1.54, 1.807) is 0 Å². The highest BCUT2D eigenvalue weighted by Crippen LogP contribution is 2.25. The van der Waals surface area contributed by atoms with Gasteiger partial charge in [-0.3, -0.25) is 4.90 Å². The molecule has 0 bridgehead atoms. The summed E-state index contributed by atoms with van der Waals surface area (Å²) < 4.78 is 11.7. The van der Waals surface area contributed by atoms with E-state index in [1.807, 2.05) is 0 Å². The molecule has 1 aliphatic rings. The number of nitrogens with one attached hydrogen (secondary N) is 1. The van der Waals surface area contributed by atoms with E-state index in [0.717, 1.165) is 52.5 Å². The van der Waals surface area contributed by atoms with E-state index in [4.69, 9.17) is 9.47 Å². The zero-order chi connectivity index (χ0) is 17.1. The van der Waals surface area contributed by atoms with Crippen molar-refractivity contribution in [3.05, 3.63) is 0 Å². The molecule has 1 aliphatic heterocycles. The van der Waals surface area contributed by atoms with Crippen molar-refractivity contribution >= 4 is 0 Å². The monoisotopic (exact) mass is 328 g/mol. The second-order valence-corrected chi connectivity index (χ2v) is 8.08. The molecule has 1 N–H and O–H groups in total. The number of morpholine rings is 1. The summed E-state index contributed by atoms with van der Waals surface area (Å²) >= 11 is 0. The van der Waals surface area contributed by atoms with Crippen molar-refractivity contribution in [3.63, 3.8) is 0 Å². The summed E-state index contributed by atoms with van der Waals surface area (Å²) in [7, 11) is 0. The van der Waals surface area contributed by atoms with Crippen LogP contribution < -0.4 is 5.32 Å². The van der Waals surface area contributed by atoms with E-state index < -0.39 is 0 Å². The van der Waals surface area contributed by atoms with Crippen LogP contribution in [0, 0.1) is 11.3 Å². The van der Waals surface area contributed by atoms with E-state index in [0.29, 0.717) is 17.4 Å². The Morgan fingerprint density at radius 3 is 2.78 bits per heavy atom. The maximum absolute atomic E-state index is 5.84. The van der Waals surface area contributed by atoms with Crippen LogP contribution in [0.1, 0.15) is 53.9 Å². The van der Waals surface area contributed by atoms with Crippen molar-refractivity contribution < 1.29 is 9.47 Å². The fourth-order valence-corrected chi connectivity index (χ4v) is 2.77. The topological polar surface area (TPSA) is 33.7 Å². The molecule has 1 heterocycles. The molecule has 1 fully saturated rings. The molecular weight excluding hydrogens is 288 g/mol. The van der Waals surface area contributed by atoms with Gasteiger partial charge in [-0.25, -0.2) is 0 Å². The molecule has 1 saturated heterocycles. The van der Waals surface area contributed by atoms with Gasteiger partial charge in [-0.15, -0.1) is 0 Å². The van der Waals surface area contributed by atoms with Gasteiger partial charge in [-0.2, -0.15) is 0 Å². The van der Waals surface area contributed by atoms with E-state index in [-0.39, 0.29) is 0 Å². The zero-order valence-corrected chi connectivity index (χ0v) is 16.2. The Bertz CT molecular complexity index is 295. The SMILES string of the molecule is CCC(C)(C)CCCOCCN1CCOC(CNCC(C)C)C1. The van der Waals surface area contributed by atoms with Crippen molar-refractivity contribution in [2.24, 2.45) is 11.3 Å². The first-order valence-corrected chi connectivity index (χ1v) is 9.55. The molecule has 1 atom stereocenters. The van der Waals surface area contributed by atoms with Gasteiger partial charge in [0.15, 0.2) is 0 Å². The minimum atomic E-state index is 0.327. The van der Waals surface area contributed by atoms with Crippen LogP contribution in [0.25, 0.3) is 0 Å². The van der Waals surface area contributed by atoms with Crippen LogP contribution in [-0.2, 0) is 9.47 Å². The molecule has 0 aromatic carbocycles. The molecule has 0 aliphatic carbocycles. The normalized spacial score (nSPS) is 20.3. The molecule has 1 rings (SSSR count). The molecule has 0 spiro atoms. The lowest BCUT2D eigenvalue weighted by Gasteiger charge is -2.33. The Balaban J connectivity index is 2.04. The summed E-state index contributed by atoms with van der Waals surface area (Å²) in [6.45, 7) is 19.1. The first kappa shape index (κ1) is 20.9. The molecule has 138 valence electrons. The van der Waals surface area contributed by atoms with Gasteiger partial charge in [0.1, 0.15) is 0 Å². The van der Waals surface area contributed by atoms with Gasteiger partial charge in [0.2, 0.25) is 0 Å². The Morgan fingerprint density at radius 2 is 2.09 bits per heavy atom. The lowest BCUT2D eigenvalue weighted by molar-refractivity contribution is -0.0353.